The average Bonchev–Trinajstić information content (AvgIpc) is 2.72. The standard InChI is InChI=1S/C10H10BrN3S/c1-7-2-3-8(11)4-10(7)12-5-9-6-15-14-13-9/h2-4,6,12H,5H2,1H3. The highest BCUT2D eigenvalue weighted by Gasteiger charge is 2.00. The number of rotatable bonds is 3. The van der Waals surface area contributed by atoms with E-state index in [9.17, 15) is 0 Å². The van der Waals surface area contributed by atoms with Crippen molar-refractivity contribution in [3.05, 3.63) is 39.3 Å². The molecule has 1 N–H and O–H groups in total. The van der Waals surface area contributed by atoms with Crippen molar-refractivity contribution in [3.63, 3.8) is 0 Å². The quantitative estimate of drug-likeness (QED) is 0.940. The molecule has 0 unspecified atom stereocenters. The summed E-state index contributed by atoms with van der Waals surface area (Å²) in [5.74, 6) is 0. The predicted molar refractivity (Wildman–Crippen MR) is 66.1 cm³/mol. The van der Waals surface area contributed by atoms with Gasteiger partial charge in [0.25, 0.3) is 0 Å². The molecule has 0 aliphatic rings. The van der Waals surface area contributed by atoms with E-state index in [2.05, 4.69) is 49.9 Å². The van der Waals surface area contributed by atoms with Gasteiger partial charge in [0.1, 0.15) is 0 Å². The molecular formula is C10H10BrN3S. The Balaban J connectivity index is 2.07. The lowest BCUT2D eigenvalue weighted by Crippen LogP contribution is -2.01. The van der Waals surface area contributed by atoms with Crippen LogP contribution in [0.5, 0.6) is 0 Å². The van der Waals surface area contributed by atoms with Gasteiger partial charge in [0.05, 0.1) is 12.2 Å². The minimum atomic E-state index is 0.716. The number of aryl methyl sites for hydroxylation is 1. The van der Waals surface area contributed by atoms with Crippen LogP contribution in [0.3, 0.4) is 0 Å². The van der Waals surface area contributed by atoms with Crippen LogP contribution < -0.4 is 5.32 Å². The average molecular weight is 284 g/mol. The lowest BCUT2D eigenvalue weighted by molar-refractivity contribution is 0.996. The molecule has 3 nitrogen and oxygen atoms in total. The van der Waals surface area contributed by atoms with E-state index in [0.717, 1.165) is 15.9 Å². The van der Waals surface area contributed by atoms with Crippen molar-refractivity contribution in [1.29, 1.82) is 0 Å². The van der Waals surface area contributed by atoms with Crippen molar-refractivity contribution < 1.29 is 0 Å². The van der Waals surface area contributed by atoms with E-state index in [1.165, 1.54) is 17.1 Å². The first-order valence-electron chi connectivity index (χ1n) is 4.51. The molecule has 1 heterocycles. The van der Waals surface area contributed by atoms with Gasteiger partial charge >= 0.3 is 0 Å². The summed E-state index contributed by atoms with van der Waals surface area (Å²) in [5.41, 5.74) is 3.32. The van der Waals surface area contributed by atoms with Crippen LogP contribution in [0.2, 0.25) is 0 Å². The van der Waals surface area contributed by atoms with Gasteiger partial charge in [-0.1, -0.05) is 26.5 Å². The Kier molecular flexibility index (Phi) is 3.33. The Morgan fingerprint density at radius 1 is 1.47 bits per heavy atom. The molecule has 0 saturated carbocycles. The summed E-state index contributed by atoms with van der Waals surface area (Å²) in [4.78, 5) is 0. The Morgan fingerprint density at radius 3 is 3.07 bits per heavy atom. The molecule has 1 aromatic heterocycles. The number of halogens is 1. The van der Waals surface area contributed by atoms with Crippen molar-refractivity contribution in [2.75, 3.05) is 5.32 Å². The van der Waals surface area contributed by atoms with E-state index in [4.69, 9.17) is 0 Å². The summed E-state index contributed by atoms with van der Waals surface area (Å²) in [6, 6.07) is 6.17. The molecule has 2 aromatic rings. The lowest BCUT2D eigenvalue weighted by Gasteiger charge is -2.08. The Labute approximate surface area is 101 Å². The fraction of sp³-hybridized carbons (Fsp3) is 0.200. The topological polar surface area (TPSA) is 37.8 Å². The first kappa shape index (κ1) is 10.6. The van der Waals surface area contributed by atoms with E-state index < -0.39 is 0 Å². The summed E-state index contributed by atoms with van der Waals surface area (Å²) >= 11 is 4.82. The SMILES string of the molecule is Cc1ccc(Br)cc1NCc1csnn1. The van der Waals surface area contributed by atoms with E-state index in [1.807, 2.05) is 11.4 Å². The van der Waals surface area contributed by atoms with Gasteiger partial charge < -0.3 is 5.32 Å². The maximum atomic E-state index is 3.98. The fourth-order valence-corrected chi connectivity index (χ4v) is 2.04. The summed E-state index contributed by atoms with van der Waals surface area (Å²) < 4.78 is 4.89. The zero-order chi connectivity index (χ0) is 10.7. The highest BCUT2D eigenvalue weighted by Crippen LogP contribution is 2.21. The zero-order valence-corrected chi connectivity index (χ0v) is 10.6. The van der Waals surface area contributed by atoms with Crippen LogP contribution in [0.4, 0.5) is 5.69 Å². The first-order chi connectivity index (χ1) is 7.25. The molecular weight excluding hydrogens is 274 g/mol. The minimum Gasteiger partial charge on any atom is -0.379 e. The van der Waals surface area contributed by atoms with Crippen molar-refractivity contribution in [3.8, 4) is 0 Å². The second-order valence-electron chi connectivity index (χ2n) is 3.21. The normalized spacial score (nSPS) is 10.3. The van der Waals surface area contributed by atoms with Gasteiger partial charge in [0.2, 0.25) is 0 Å². The monoisotopic (exact) mass is 283 g/mol. The Bertz CT molecular complexity index is 442. The maximum absolute atomic E-state index is 3.98. The largest absolute Gasteiger partial charge is 0.379 e. The molecule has 0 bridgehead atoms. The number of benzene rings is 1. The van der Waals surface area contributed by atoms with Crippen LogP contribution in [0.1, 0.15) is 11.3 Å². The zero-order valence-electron chi connectivity index (χ0n) is 8.20. The molecule has 0 fully saturated rings. The third-order valence-corrected chi connectivity index (χ3v) is 3.11. The minimum absolute atomic E-state index is 0.716. The highest BCUT2D eigenvalue weighted by molar-refractivity contribution is 9.10. The number of hydrogen-bond acceptors (Lipinski definition) is 4. The summed E-state index contributed by atoms with van der Waals surface area (Å²) in [6.07, 6.45) is 0. The molecule has 0 aliphatic carbocycles. The van der Waals surface area contributed by atoms with Crippen LogP contribution in [0.15, 0.2) is 28.1 Å². The molecule has 15 heavy (non-hydrogen) atoms. The van der Waals surface area contributed by atoms with Crippen molar-refractivity contribution in [2.24, 2.45) is 0 Å². The second kappa shape index (κ2) is 4.72. The summed E-state index contributed by atoms with van der Waals surface area (Å²) in [7, 11) is 0. The van der Waals surface area contributed by atoms with Crippen molar-refractivity contribution >= 4 is 33.1 Å². The molecule has 0 saturated heterocycles. The van der Waals surface area contributed by atoms with E-state index in [-0.39, 0.29) is 0 Å². The molecule has 5 heteroatoms. The maximum Gasteiger partial charge on any atom is 0.0946 e. The van der Waals surface area contributed by atoms with Crippen molar-refractivity contribution in [2.45, 2.75) is 13.5 Å². The van der Waals surface area contributed by atoms with E-state index in [0.29, 0.717) is 6.54 Å². The van der Waals surface area contributed by atoms with Gasteiger partial charge in [-0.05, 0) is 36.2 Å². The van der Waals surface area contributed by atoms with Crippen molar-refractivity contribution in [1.82, 2.24) is 9.59 Å². The number of anilines is 1. The van der Waals surface area contributed by atoms with Gasteiger partial charge in [-0.15, -0.1) is 5.10 Å². The van der Waals surface area contributed by atoms with E-state index in [1.54, 1.807) is 0 Å². The molecule has 0 aliphatic heterocycles. The van der Waals surface area contributed by atoms with Gasteiger partial charge in [0.15, 0.2) is 0 Å². The molecule has 1 aromatic carbocycles. The highest BCUT2D eigenvalue weighted by atomic mass is 79.9. The third kappa shape index (κ3) is 2.76. The van der Waals surface area contributed by atoms with Crippen LogP contribution in [-0.4, -0.2) is 9.59 Å². The predicted octanol–water partition coefficient (Wildman–Crippen LogP) is 3.22. The fourth-order valence-electron chi connectivity index (χ4n) is 1.23. The molecule has 0 spiro atoms. The molecule has 0 amide bonds. The Hall–Kier alpha value is -0.940. The molecule has 78 valence electrons. The second-order valence-corrected chi connectivity index (χ2v) is 4.73. The number of nitrogens with zero attached hydrogens (tertiary/aromatic N) is 2. The van der Waals surface area contributed by atoms with Gasteiger partial charge in [0, 0.05) is 15.5 Å². The van der Waals surface area contributed by atoms with Crippen LogP contribution >= 0.6 is 27.5 Å². The third-order valence-electron chi connectivity index (χ3n) is 2.06. The smallest absolute Gasteiger partial charge is 0.0946 e. The van der Waals surface area contributed by atoms with Crippen LogP contribution in [0.25, 0.3) is 0 Å². The van der Waals surface area contributed by atoms with Crippen LogP contribution in [-0.2, 0) is 6.54 Å². The Morgan fingerprint density at radius 2 is 2.33 bits per heavy atom. The number of aromatic nitrogens is 2. The van der Waals surface area contributed by atoms with Gasteiger partial charge in [-0.2, -0.15) is 0 Å². The van der Waals surface area contributed by atoms with Crippen LogP contribution in [0, 0.1) is 6.92 Å². The molecule has 0 radical (unpaired) electrons. The lowest BCUT2D eigenvalue weighted by atomic mass is 10.2. The summed E-state index contributed by atoms with van der Waals surface area (Å²) in [6.45, 7) is 2.79. The number of hydrogen-bond donors (Lipinski definition) is 1. The molecule has 0 atom stereocenters. The molecule has 2 rings (SSSR count). The van der Waals surface area contributed by atoms with Gasteiger partial charge in [-0.3, -0.25) is 0 Å². The van der Waals surface area contributed by atoms with E-state index >= 15 is 0 Å². The van der Waals surface area contributed by atoms with Gasteiger partial charge in [-0.25, -0.2) is 0 Å². The summed E-state index contributed by atoms with van der Waals surface area (Å²) in [5, 5.41) is 9.25. The first-order valence-corrected chi connectivity index (χ1v) is 6.14. The number of nitrogens with one attached hydrogen (secondary N) is 1.